The summed E-state index contributed by atoms with van der Waals surface area (Å²) in [6.07, 6.45) is 3.29. The molecular formula is C22H32N2. The molecule has 0 saturated heterocycles. The van der Waals surface area contributed by atoms with Gasteiger partial charge in [-0.05, 0) is 98.0 Å². The van der Waals surface area contributed by atoms with Gasteiger partial charge >= 0.3 is 0 Å². The van der Waals surface area contributed by atoms with Crippen molar-refractivity contribution in [3.8, 4) is 0 Å². The van der Waals surface area contributed by atoms with Crippen molar-refractivity contribution in [2.75, 3.05) is 5.32 Å². The Labute approximate surface area is 147 Å². The lowest BCUT2D eigenvalue weighted by Crippen LogP contribution is -2.13. The van der Waals surface area contributed by atoms with Gasteiger partial charge in [-0.25, -0.2) is 4.98 Å². The largest absolute Gasteiger partial charge is 0.366 e. The van der Waals surface area contributed by atoms with Crippen LogP contribution < -0.4 is 5.32 Å². The van der Waals surface area contributed by atoms with Crippen molar-refractivity contribution in [3.05, 3.63) is 56.8 Å². The van der Waals surface area contributed by atoms with Crippen LogP contribution in [0.1, 0.15) is 65.4 Å². The van der Waals surface area contributed by atoms with Gasteiger partial charge in [0.05, 0.1) is 0 Å². The summed E-state index contributed by atoms with van der Waals surface area (Å²) in [6, 6.07) is 4.24. The zero-order valence-corrected chi connectivity index (χ0v) is 16.4. The number of pyridine rings is 1. The van der Waals surface area contributed by atoms with E-state index in [0.29, 0.717) is 0 Å². The van der Waals surface area contributed by atoms with Crippen LogP contribution in [-0.2, 0) is 25.8 Å². The Morgan fingerprint density at radius 2 is 1.29 bits per heavy atom. The molecule has 1 N–H and O–H groups in total. The first-order valence-corrected chi connectivity index (χ1v) is 9.24. The number of anilines is 1. The van der Waals surface area contributed by atoms with Gasteiger partial charge in [-0.3, -0.25) is 0 Å². The number of hydrogen-bond donors (Lipinski definition) is 1. The van der Waals surface area contributed by atoms with E-state index in [-0.39, 0.29) is 0 Å². The molecule has 0 atom stereocenters. The van der Waals surface area contributed by atoms with E-state index in [1.54, 1.807) is 0 Å². The predicted octanol–water partition coefficient (Wildman–Crippen LogP) is 5.61. The molecule has 0 unspecified atom stereocenters. The topological polar surface area (TPSA) is 24.9 Å². The fraction of sp³-hybridized carbons (Fsp3) is 0.500. The first-order chi connectivity index (χ1) is 11.4. The lowest BCUT2D eigenvalue weighted by Gasteiger charge is -2.23. The number of aromatic nitrogens is 1. The molecule has 1 aromatic heterocycles. The third-order valence-electron chi connectivity index (χ3n) is 5.14. The van der Waals surface area contributed by atoms with E-state index in [1.165, 1.54) is 38.9 Å². The average Bonchev–Trinajstić information content (AvgIpc) is 2.52. The number of hydrogen-bond acceptors (Lipinski definition) is 2. The summed E-state index contributed by atoms with van der Waals surface area (Å²) >= 11 is 0. The zero-order chi connectivity index (χ0) is 17.9. The summed E-state index contributed by atoms with van der Waals surface area (Å²) in [6.45, 7) is 16.4. The molecule has 2 rings (SSSR count). The summed E-state index contributed by atoms with van der Waals surface area (Å²) in [4.78, 5) is 4.63. The molecule has 0 radical (unpaired) electrons. The van der Waals surface area contributed by atoms with Crippen LogP contribution in [0.25, 0.3) is 0 Å². The fourth-order valence-electron chi connectivity index (χ4n) is 4.09. The Bertz CT molecular complexity index is 678. The van der Waals surface area contributed by atoms with Gasteiger partial charge < -0.3 is 5.32 Å². The molecule has 1 aromatic carbocycles. The predicted molar refractivity (Wildman–Crippen MR) is 105 cm³/mol. The van der Waals surface area contributed by atoms with Gasteiger partial charge in [-0.15, -0.1) is 0 Å². The van der Waals surface area contributed by atoms with Crippen LogP contribution >= 0.6 is 0 Å². The first-order valence-electron chi connectivity index (χ1n) is 9.24. The molecule has 0 amide bonds. The molecule has 130 valence electrons. The first kappa shape index (κ1) is 18.5. The van der Waals surface area contributed by atoms with Gasteiger partial charge in [-0.1, -0.05) is 20.8 Å². The van der Waals surface area contributed by atoms with Crippen molar-refractivity contribution in [3.63, 3.8) is 0 Å². The summed E-state index contributed by atoms with van der Waals surface area (Å²) in [5.41, 5.74) is 11.4. The lowest BCUT2D eigenvalue weighted by molar-refractivity contribution is 0.924. The second-order valence-electron chi connectivity index (χ2n) is 6.75. The van der Waals surface area contributed by atoms with Crippen molar-refractivity contribution in [1.29, 1.82) is 0 Å². The van der Waals surface area contributed by atoms with Crippen molar-refractivity contribution in [2.24, 2.45) is 0 Å². The summed E-state index contributed by atoms with van der Waals surface area (Å²) in [7, 11) is 0. The highest BCUT2D eigenvalue weighted by Crippen LogP contribution is 2.30. The monoisotopic (exact) mass is 324 g/mol. The van der Waals surface area contributed by atoms with Crippen molar-refractivity contribution in [2.45, 2.75) is 74.3 Å². The molecule has 2 aromatic rings. The Morgan fingerprint density at radius 3 is 1.75 bits per heavy atom. The van der Waals surface area contributed by atoms with Crippen LogP contribution in [0.15, 0.2) is 12.1 Å². The Balaban J connectivity index is 2.45. The highest BCUT2D eigenvalue weighted by Gasteiger charge is 2.16. The molecule has 0 spiro atoms. The van der Waals surface area contributed by atoms with Crippen LogP contribution in [0.3, 0.4) is 0 Å². The van der Waals surface area contributed by atoms with Crippen LogP contribution in [0.2, 0.25) is 0 Å². The van der Waals surface area contributed by atoms with E-state index in [9.17, 15) is 0 Å². The number of nitrogens with one attached hydrogen (secondary N) is 1. The Morgan fingerprint density at radius 1 is 0.750 bits per heavy atom. The van der Waals surface area contributed by atoms with E-state index < -0.39 is 0 Å². The zero-order valence-electron chi connectivity index (χ0n) is 16.4. The number of aryl methyl sites for hydroxylation is 2. The molecular weight excluding hydrogens is 292 g/mol. The third-order valence-corrected chi connectivity index (χ3v) is 5.14. The number of rotatable bonds is 6. The maximum atomic E-state index is 4.63. The second kappa shape index (κ2) is 7.83. The van der Waals surface area contributed by atoms with E-state index in [2.05, 4.69) is 70.9 Å². The Kier molecular flexibility index (Phi) is 6.04. The smallest absolute Gasteiger partial charge is 0.126 e. The molecule has 0 fully saturated rings. The van der Waals surface area contributed by atoms with Crippen molar-refractivity contribution < 1.29 is 0 Å². The summed E-state index contributed by atoms with van der Waals surface area (Å²) in [5.74, 6) is 0.978. The van der Waals surface area contributed by atoms with E-state index in [0.717, 1.165) is 37.3 Å². The van der Waals surface area contributed by atoms with Crippen LogP contribution in [0, 0.1) is 27.7 Å². The molecule has 0 saturated carbocycles. The standard InChI is InChI=1S/C22H32N2/c1-8-18-16(6)19(9-2)21(20(10-3)17(18)7)13-23-22-12-14(4)11-15(5)24-22/h11-12H,8-10,13H2,1-7H3,(H,23,24). The molecule has 2 heteroatoms. The molecule has 0 aliphatic carbocycles. The van der Waals surface area contributed by atoms with Gasteiger partial charge in [0.25, 0.3) is 0 Å². The maximum absolute atomic E-state index is 4.63. The summed E-state index contributed by atoms with van der Waals surface area (Å²) < 4.78 is 0. The lowest BCUT2D eigenvalue weighted by atomic mass is 9.84. The van der Waals surface area contributed by atoms with Crippen LogP contribution in [0.4, 0.5) is 5.82 Å². The van der Waals surface area contributed by atoms with Crippen molar-refractivity contribution >= 4 is 5.82 Å². The van der Waals surface area contributed by atoms with E-state index in [4.69, 9.17) is 0 Å². The minimum atomic E-state index is 0.855. The summed E-state index contributed by atoms with van der Waals surface area (Å²) in [5, 5.41) is 3.57. The number of nitrogens with zero attached hydrogens (tertiary/aromatic N) is 1. The Hall–Kier alpha value is -1.83. The minimum absolute atomic E-state index is 0.855. The van der Waals surface area contributed by atoms with Crippen LogP contribution in [-0.4, -0.2) is 4.98 Å². The van der Waals surface area contributed by atoms with Gasteiger partial charge in [0.15, 0.2) is 0 Å². The average molecular weight is 325 g/mol. The molecule has 0 bridgehead atoms. The molecule has 0 aliphatic rings. The van der Waals surface area contributed by atoms with E-state index in [1.807, 2.05) is 0 Å². The molecule has 0 aliphatic heterocycles. The van der Waals surface area contributed by atoms with Gasteiger partial charge in [0, 0.05) is 12.2 Å². The van der Waals surface area contributed by atoms with Crippen molar-refractivity contribution in [1.82, 2.24) is 4.98 Å². The maximum Gasteiger partial charge on any atom is 0.126 e. The highest BCUT2D eigenvalue weighted by atomic mass is 15.0. The molecule has 2 nitrogen and oxygen atoms in total. The second-order valence-corrected chi connectivity index (χ2v) is 6.75. The molecule has 24 heavy (non-hydrogen) atoms. The van der Waals surface area contributed by atoms with E-state index >= 15 is 0 Å². The number of benzene rings is 1. The normalized spacial score (nSPS) is 11.0. The van der Waals surface area contributed by atoms with Crippen LogP contribution in [0.5, 0.6) is 0 Å². The third kappa shape index (κ3) is 3.63. The molecule has 1 heterocycles. The minimum Gasteiger partial charge on any atom is -0.366 e. The van der Waals surface area contributed by atoms with Gasteiger partial charge in [-0.2, -0.15) is 0 Å². The quantitative estimate of drug-likeness (QED) is 0.746. The van der Waals surface area contributed by atoms with Gasteiger partial charge in [0.2, 0.25) is 0 Å². The SMILES string of the molecule is CCc1c(C)c(CC)c(CNc2cc(C)cc(C)n2)c(CC)c1C. The van der Waals surface area contributed by atoms with Gasteiger partial charge in [0.1, 0.15) is 5.82 Å². The highest BCUT2D eigenvalue weighted by molar-refractivity contribution is 5.53. The fourth-order valence-corrected chi connectivity index (χ4v) is 4.09.